The van der Waals surface area contributed by atoms with Gasteiger partial charge in [-0.05, 0) is 0 Å². The van der Waals surface area contributed by atoms with E-state index in [1.807, 2.05) is 0 Å². The normalized spacial score (nSPS) is 7.86. The van der Waals surface area contributed by atoms with E-state index in [-0.39, 0.29) is 0 Å². The van der Waals surface area contributed by atoms with Crippen molar-refractivity contribution in [3.8, 4) is 0 Å². The van der Waals surface area contributed by atoms with Crippen LogP contribution in [-0.2, 0) is 0 Å². The molecule has 14 heavy (non-hydrogen) atoms. The van der Waals surface area contributed by atoms with Crippen LogP contribution in [0, 0.1) is 0 Å². The molecule has 0 unspecified atom stereocenters. The zero-order valence-electron chi connectivity index (χ0n) is 8.51. The maximum atomic E-state index is 3.42. The van der Waals surface area contributed by atoms with Crippen LogP contribution in [0.1, 0.15) is 26.7 Å². The highest BCUT2D eigenvalue weighted by Crippen LogP contribution is 1.76. The molecule has 2 rings (SSSR count). The van der Waals surface area contributed by atoms with E-state index in [2.05, 4.69) is 44.7 Å². The van der Waals surface area contributed by atoms with E-state index in [1.54, 1.807) is 24.8 Å². The maximum Gasteiger partial charge on any atom is 0.0690 e. The Bertz CT molecular complexity index is 176. The van der Waals surface area contributed by atoms with Crippen molar-refractivity contribution in [2.45, 2.75) is 26.7 Å². The van der Waals surface area contributed by atoms with Gasteiger partial charge in [0.25, 0.3) is 0 Å². The Morgan fingerprint density at radius 3 is 1.36 bits per heavy atom. The number of nitrogens with one attached hydrogen (secondary N) is 2. The van der Waals surface area contributed by atoms with Crippen LogP contribution in [0.25, 0.3) is 0 Å². The third-order valence-electron chi connectivity index (χ3n) is 1.16. The highest BCUT2D eigenvalue weighted by atomic mass is 15.3. The van der Waals surface area contributed by atoms with Crippen LogP contribution in [0.4, 0.5) is 0 Å². The van der Waals surface area contributed by atoms with E-state index in [4.69, 9.17) is 0 Å². The quantitative estimate of drug-likeness (QED) is 0.722. The average Bonchev–Trinajstić information content (AvgIpc) is 2.94. The first-order valence-corrected chi connectivity index (χ1v) is 4.52. The lowest BCUT2D eigenvalue weighted by Gasteiger charge is -1.68. The van der Waals surface area contributed by atoms with Gasteiger partial charge in [-0.25, -0.2) is 0 Å². The maximum absolute atomic E-state index is 3.42. The molecule has 0 aliphatic carbocycles. The molecule has 6 heteroatoms. The van der Waals surface area contributed by atoms with Gasteiger partial charge in [0.2, 0.25) is 0 Å². The lowest BCUT2D eigenvalue weighted by molar-refractivity contribution is 0.886. The predicted molar refractivity (Wildman–Crippen MR) is 53.3 cm³/mol. The minimum Gasteiger partial charge on any atom is -0.266 e. The second kappa shape index (κ2) is 11.3. The molecule has 2 aromatic heterocycles. The van der Waals surface area contributed by atoms with Crippen molar-refractivity contribution in [2.24, 2.45) is 0 Å². The fourth-order valence-corrected chi connectivity index (χ4v) is 0.333. The molecule has 78 valence electrons. The van der Waals surface area contributed by atoms with Gasteiger partial charge in [0.1, 0.15) is 0 Å². The molecule has 0 aliphatic rings. The summed E-state index contributed by atoms with van der Waals surface area (Å²) < 4.78 is 0. The van der Waals surface area contributed by atoms with Gasteiger partial charge in [-0.3, -0.25) is 10.2 Å². The zero-order valence-corrected chi connectivity index (χ0v) is 8.51. The Kier molecular flexibility index (Phi) is 9.89. The van der Waals surface area contributed by atoms with Gasteiger partial charge in [-0.15, -0.1) is 10.2 Å². The molecule has 0 atom stereocenters. The largest absolute Gasteiger partial charge is 0.266 e. The molecule has 0 fully saturated rings. The molecule has 0 amide bonds. The van der Waals surface area contributed by atoms with Gasteiger partial charge in [0.05, 0.1) is 12.4 Å². The van der Waals surface area contributed by atoms with Crippen molar-refractivity contribution in [3.05, 3.63) is 24.8 Å². The van der Waals surface area contributed by atoms with Gasteiger partial charge in [-0.2, -0.15) is 0 Å². The molecule has 0 spiro atoms. The van der Waals surface area contributed by atoms with Gasteiger partial charge in [0, 0.05) is 12.4 Å². The fraction of sp³-hybridized carbons (Fsp3) is 0.500. The number of hydrogen-bond acceptors (Lipinski definition) is 4. The summed E-state index contributed by atoms with van der Waals surface area (Å²) in [5.41, 5.74) is 0. The van der Waals surface area contributed by atoms with E-state index in [1.165, 1.54) is 12.8 Å². The highest BCUT2D eigenvalue weighted by molar-refractivity contribution is 4.55. The summed E-state index contributed by atoms with van der Waals surface area (Å²) in [4.78, 5) is 0. The van der Waals surface area contributed by atoms with E-state index in [0.717, 1.165) is 0 Å². The molecule has 6 nitrogen and oxygen atoms in total. The first kappa shape index (κ1) is 12.3. The number of H-pyrrole nitrogens is 2. The van der Waals surface area contributed by atoms with Crippen molar-refractivity contribution in [3.63, 3.8) is 0 Å². The summed E-state index contributed by atoms with van der Waals surface area (Å²) in [6.07, 6.45) is 9.11. The van der Waals surface area contributed by atoms with Gasteiger partial charge < -0.3 is 0 Å². The third kappa shape index (κ3) is 10.3. The molecular weight excluding hydrogens is 180 g/mol. The number of rotatable bonds is 1. The van der Waals surface area contributed by atoms with E-state index in [0.29, 0.717) is 0 Å². The average molecular weight is 196 g/mol. The van der Waals surface area contributed by atoms with Gasteiger partial charge >= 0.3 is 0 Å². The Balaban J connectivity index is 0.000000183. The van der Waals surface area contributed by atoms with Crippen LogP contribution < -0.4 is 0 Å². The summed E-state index contributed by atoms with van der Waals surface area (Å²) in [5, 5.41) is 18.5. The van der Waals surface area contributed by atoms with Crippen molar-refractivity contribution in [1.29, 1.82) is 0 Å². The molecule has 0 radical (unpaired) electrons. The summed E-state index contributed by atoms with van der Waals surface area (Å²) in [7, 11) is 0. The summed E-state index contributed by atoms with van der Waals surface area (Å²) >= 11 is 0. The number of aromatic nitrogens is 6. The van der Waals surface area contributed by atoms with E-state index in [9.17, 15) is 0 Å². The lowest BCUT2D eigenvalue weighted by atomic mass is 10.4. The number of unbranched alkanes of at least 4 members (excludes halogenated alkanes) is 1. The Morgan fingerprint density at radius 1 is 0.857 bits per heavy atom. The predicted octanol–water partition coefficient (Wildman–Crippen LogP) is 1.42. The third-order valence-corrected chi connectivity index (χ3v) is 1.16. The second-order valence-electron chi connectivity index (χ2n) is 2.32. The highest BCUT2D eigenvalue weighted by Gasteiger charge is 1.58. The summed E-state index contributed by atoms with van der Waals surface area (Å²) in [6.45, 7) is 4.36. The lowest BCUT2D eigenvalue weighted by Crippen LogP contribution is -1.61. The fourth-order valence-electron chi connectivity index (χ4n) is 0.333. The Labute approximate surface area is 83.1 Å². The number of hydrogen-bond donors (Lipinski definition) is 2. The molecule has 2 N–H and O–H groups in total. The number of aromatic amines is 2. The molecule has 2 heterocycles. The monoisotopic (exact) mass is 196 g/mol. The summed E-state index contributed by atoms with van der Waals surface area (Å²) in [6, 6.07) is 0. The van der Waals surface area contributed by atoms with Gasteiger partial charge in [-0.1, -0.05) is 37.1 Å². The van der Waals surface area contributed by atoms with Crippen LogP contribution in [0.2, 0.25) is 0 Å². The Hall–Kier alpha value is -1.72. The topological polar surface area (TPSA) is 83.1 Å². The molecule has 2 aromatic rings. The van der Waals surface area contributed by atoms with Crippen LogP contribution >= 0.6 is 0 Å². The number of nitrogens with zero attached hydrogens (tertiary/aromatic N) is 4. The first-order chi connectivity index (χ1) is 6.91. The van der Waals surface area contributed by atoms with Crippen LogP contribution in [0.5, 0.6) is 0 Å². The van der Waals surface area contributed by atoms with E-state index < -0.39 is 0 Å². The molecule has 0 aliphatic heterocycles. The second-order valence-corrected chi connectivity index (χ2v) is 2.32. The van der Waals surface area contributed by atoms with Crippen LogP contribution in [0.3, 0.4) is 0 Å². The van der Waals surface area contributed by atoms with Crippen molar-refractivity contribution in [2.75, 3.05) is 0 Å². The van der Waals surface area contributed by atoms with Crippen molar-refractivity contribution < 1.29 is 0 Å². The molecular formula is C8H16N6. The molecule has 0 saturated carbocycles. The summed E-state index contributed by atoms with van der Waals surface area (Å²) in [5.74, 6) is 0. The van der Waals surface area contributed by atoms with Gasteiger partial charge in [0.15, 0.2) is 0 Å². The van der Waals surface area contributed by atoms with Crippen molar-refractivity contribution >= 4 is 0 Å². The molecule has 0 saturated heterocycles. The molecule has 0 bridgehead atoms. The minimum absolute atomic E-state index is 1.32. The smallest absolute Gasteiger partial charge is 0.0690 e. The first-order valence-electron chi connectivity index (χ1n) is 4.52. The zero-order chi connectivity index (χ0) is 10.5. The van der Waals surface area contributed by atoms with E-state index >= 15 is 0 Å². The standard InChI is InChI=1S/C4H10.2C2H3N3/c1-3-4-2;2*1-2-4-5-3-1/h3-4H2,1-2H3;2*1-2H,(H,3,4,5). The Morgan fingerprint density at radius 2 is 1.29 bits per heavy atom. The minimum atomic E-state index is 1.32. The van der Waals surface area contributed by atoms with Crippen molar-refractivity contribution in [1.82, 2.24) is 30.8 Å². The molecule has 0 aromatic carbocycles. The van der Waals surface area contributed by atoms with Crippen LogP contribution in [-0.4, -0.2) is 30.8 Å². The van der Waals surface area contributed by atoms with Crippen LogP contribution in [0.15, 0.2) is 24.8 Å². The SMILES string of the molecule is CCCC.c1c[nH]nn1.c1c[nH]nn1.